The average Bonchev–Trinajstić information content (AvgIpc) is 3.12. The highest BCUT2D eigenvalue weighted by Gasteiger charge is 2.42. The highest BCUT2D eigenvalue weighted by atomic mass is 16.5. The van der Waals surface area contributed by atoms with Crippen molar-refractivity contribution in [2.45, 2.75) is 58.6 Å². The van der Waals surface area contributed by atoms with Gasteiger partial charge in [0.1, 0.15) is 5.75 Å². The van der Waals surface area contributed by atoms with E-state index in [1.807, 2.05) is 38.1 Å². The second-order valence-electron chi connectivity index (χ2n) is 7.21. The van der Waals surface area contributed by atoms with Crippen molar-refractivity contribution in [2.24, 2.45) is 17.8 Å². The fourth-order valence-electron chi connectivity index (χ4n) is 4.23. The van der Waals surface area contributed by atoms with Gasteiger partial charge >= 0.3 is 0 Å². The number of hydrogen-bond donors (Lipinski definition) is 1. The Bertz CT molecular complexity index is 525. The molecule has 1 amide bonds. The van der Waals surface area contributed by atoms with Crippen LogP contribution in [0, 0.1) is 24.7 Å². The van der Waals surface area contributed by atoms with E-state index in [0.29, 0.717) is 5.92 Å². The van der Waals surface area contributed by atoms with Crippen molar-refractivity contribution in [3.05, 3.63) is 29.8 Å². The minimum Gasteiger partial charge on any atom is -0.481 e. The van der Waals surface area contributed by atoms with Gasteiger partial charge in [0.25, 0.3) is 5.91 Å². The summed E-state index contributed by atoms with van der Waals surface area (Å²) in [6, 6.07) is 8.08. The van der Waals surface area contributed by atoms with Crippen LogP contribution in [-0.2, 0) is 4.79 Å². The zero-order valence-electron chi connectivity index (χ0n) is 13.8. The van der Waals surface area contributed by atoms with E-state index in [9.17, 15) is 4.79 Å². The highest BCUT2D eigenvalue weighted by Crippen LogP contribution is 2.49. The Kier molecular flexibility index (Phi) is 4.42. The first-order chi connectivity index (χ1) is 10.5. The number of ether oxygens (including phenoxy) is 1. The fourth-order valence-corrected chi connectivity index (χ4v) is 4.23. The van der Waals surface area contributed by atoms with Gasteiger partial charge in [-0.1, -0.05) is 24.1 Å². The molecule has 3 nitrogen and oxygen atoms in total. The largest absolute Gasteiger partial charge is 0.481 e. The van der Waals surface area contributed by atoms with E-state index in [1.54, 1.807) is 0 Å². The van der Waals surface area contributed by atoms with E-state index < -0.39 is 6.10 Å². The van der Waals surface area contributed by atoms with Crippen molar-refractivity contribution < 1.29 is 9.53 Å². The number of amides is 1. The number of hydrogen-bond acceptors (Lipinski definition) is 2. The molecule has 5 atom stereocenters. The van der Waals surface area contributed by atoms with Gasteiger partial charge in [-0.2, -0.15) is 0 Å². The monoisotopic (exact) mass is 301 g/mol. The van der Waals surface area contributed by atoms with Gasteiger partial charge in [0.05, 0.1) is 0 Å². The molecular weight excluding hydrogens is 274 g/mol. The predicted octanol–water partition coefficient (Wildman–Crippen LogP) is 3.70. The summed E-state index contributed by atoms with van der Waals surface area (Å²) in [5.74, 6) is 3.15. The minimum atomic E-state index is -0.455. The molecule has 22 heavy (non-hydrogen) atoms. The summed E-state index contributed by atoms with van der Waals surface area (Å²) in [6.07, 6.45) is 4.96. The second kappa shape index (κ2) is 6.31. The van der Waals surface area contributed by atoms with Crippen LogP contribution in [0.3, 0.4) is 0 Å². The van der Waals surface area contributed by atoms with E-state index in [2.05, 4.69) is 12.2 Å². The number of aryl methyl sites for hydroxylation is 1. The molecule has 2 aliphatic carbocycles. The molecule has 2 fully saturated rings. The molecule has 1 aromatic rings. The van der Waals surface area contributed by atoms with Crippen LogP contribution >= 0.6 is 0 Å². The molecule has 2 saturated carbocycles. The van der Waals surface area contributed by atoms with Gasteiger partial charge in [-0.25, -0.2) is 0 Å². The third kappa shape index (κ3) is 3.29. The van der Waals surface area contributed by atoms with E-state index in [4.69, 9.17) is 4.74 Å². The van der Waals surface area contributed by atoms with Crippen LogP contribution in [0.1, 0.15) is 45.1 Å². The second-order valence-corrected chi connectivity index (χ2v) is 7.21. The molecule has 0 aromatic heterocycles. The van der Waals surface area contributed by atoms with Crippen molar-refractivity contribution in [3.8, 4) is 5.75 Å². The maximum absolute atomic E-state index is 12.4. The first-order valence-electron chi connectivity index (χ1n) is 8.56. The third-order valence-corrected chi connectivity index (χ3v) is 5.51. The molecule has 2 aliphatic rings. The summed E-state index contributed by atoms with van der Waals surface area (Å²) in [7, 11) is 0. The molecular formula is C19H27NO2. The SMILES string of the molecule is Cc1ccc(O[C@@H](C)C(=O)N[C@@H](C)[C@@H]2C[C@@H]3CC[C@@H]2C3)cc1. The zero-order chi connectivity index (χ0) is 15.7. The average molecular weight is 301 g/mol. The van der Waals surface area contributed by atoms with E-state index >= 15 is 0 Å². The molecule has 0 radical (unpaired) electrons. The van der Waals surface area contributed by atoms with Crippen LogP contribution in [0.4, 0.5) is 0 Å². The van der Waals surface area contributed by atoms with Crippen LogP contribution in [0.2, 0.25) is 0 Å². The van der Waals surface area contributed by atoms with Gasteiger partial charge in [0.2, 0.25) is 0 Å². The first-order valence-corrected chi connectivity index (χ1v) is 8.56. The molecule has 3 rings (SSSR count). The van der Waals surface area contributed by atoms with Gasteiger partial charge in [0, 0.05) is 6.04 Å². The van der Waals surface area contributed by atoms with Gasteiger partial charge in [-0.15, -0.1) is 0 Å². The molecule has 120 valence electrons. The van der Waals surface area contributed by atoms with Crippen LogP contribution in [0.15, 0.2) is 24.3 Å². The molecule has 0 aliphatic heterocycles. The Hall–Kier alpha value is -1.51. The van der Waals surface area contributed by atoms with Crippen LogP contribution in [0.25, 0.3) is 0 Å². The van der Waals surface area contributed by atoms with E-state index in [0.717, 1.165) is 17.6 Å². The van der Waals surface area contributed by atoms with Crippen LogP contribution in [0.5, 0.6) is 5.75 Å². The summed E-state index contributed by atoms with van der Waals surface area (Å²) in [5.41, 5.74) is 1.19. The van der Waals surface area contributed by atoms with Gasteiger partial charge in [-0.3, -0.25) is 4.79 Å². The Balaban J connectivity index is 1.51. The summed E-state index contributed by atoms with van der Waals surface area (Å²) in [6.45, 7) is 6.02. The standard InChI is InChI=1S/C19H27NO2/c1-12-4-8-17(9-5-12)22-14(3)19(21)20-13(2)18-11-15-6-7-16(18)10-15/h4-5,8-9,13-16,18H,6-7,10-11H2,1-3H3,(H,20,21)/t13-,14-,15+,16+,18-/m0/s1. The molecule has 2 bridgehead atoms. The number of fused-ring (bicyclic) bond motifs is 2. The lowest BCUT2D eigenvalue weighted by atomic mass is 9.84. The summed E-state index contributed by atoms with van der Waals surface area (Å²) < 4.78 is 5.74. The minimum absolute atomic E-state index is 0.00384. The van der Waals surface area contributed by atoms with Crippen molar-refractivity contribution in [3.63, 3.8) is 0 Å². The molecule has 0 heterocycles. The first kappa shape index (κ1) is 15.4. The van der Waals surface area contributed by atoms with Crippen LogP contribution < -0.4 is 10.1 Å². The van der Waals surface area contributed by atoms with Crippen LogP contribution in [-0.4, -0.2) is 18.1 Å². The summed E-state index contributed by atoms with van der Waals surface area (Å²) in [5, 5.41) is 3.17. The molecule has 1 N–H and O–H groups in total. The predicted molar refractivity (Wildman–Crippen MR) is 87.8 cm³/mol. The topological polar surface area (TPSA) is 38.3 Å². The highest BCUT2D eigenvalue weighted by molar-refractivity contribution is 5.81. The maximum Gasteiger partial charge on any atom is 0.260 e. The quantitative estimate of drug-likeness (QED) is 0.900. The lowest BCUT2D eigenvalue weighted by Crippen LogP contribution is -2.45. The van der Waals surface area contributed by atoms with Crippen molar-refractivity contribution >= 4 is 5.91 Å². The molecule has 3 heteroatoms. The molecule has 0 spiro atoms. The van der Waals surface area contributed by atoms with Crippen molar-refractivity contribution in [1.82, 2.24) is 5.32 Å². The molecule has 1 aromatic carbocycles. The lowest BCUT2D eigenvalue weighted by molar-refractivity contribution is -0.128. The summed E-state index contributed by atoms with van der Waals surface area (Å²) in [4.78, 5) is 12.4. The van der Waals surface area contributed by atoms with Gasteiger partial charge in [0.15, 0.2) is 6.10 Å². The van der Waals surface area contributed by atoms with Gasteiger partial charge in [-0.05, 0) is 69.9 Å². The Morgan fingerprint density at radius 2 is 1.91 bits per heavy atom. The Labute approximate surface area is 133 Å². The smallest absolute Gasteiger partial charge is 0.260 e. The number of rotatable bonds is 5. The maximum atomic E-state index is 12.4. The Morgan fingerprint density at radius 3 is 2.50 bits per heavy atom. The molecule has 0 saturated heterocycles. The summed E-state index contributed by atoms with van der Waals surface area (Å²) >= 11 is 0. The van der Waals surface area contributed by atoms with E-state index in [1.165, 1.54) is 31.2 Å². The third-order valence-electron chi connectivity index (χ3n) is 5.51. The lowest BCUT2D eigenvalue weighted by Gasteiger charge is -2.29. The zero-order valence-corrected chi connectivity index (χ0v) is 13.8. The number of carbonyl (C=O) groups excluding carboxylic acids is 1. The van der Waals surface area contributed by atoms with Gasteiger partial charge < -0.3 is 10.1 Å². The molecule has 0 unspecified atom stereocenters. The number of benzene rings is 1. The van der Waals surface area contributed by atoms with Crippen molar-refractivity contribution in [1.29, 1.82) is 0 Å². The van der Waals surface area contributed by atoms with E-state index in [-0.39, 0.29) is 11.9 Å². The fraction of sp³-hybridized carbons (Fsp3) is 0.632. The number of nitrogens with one attached hydrogen (secondary N) is 1. The Morgan fingerprint density at radius 1 is 1.18 bits per heavy atom. The number of carbonyl (C=O) groups is 1. The normalized spacial score (nSPS) is 29.1. The van der Waals surface area contributed by atoms with Crippen molar-refractivity contribution in [2.75, 3.05) is 0 Å².